The molecule has 2 heterocycles. The summed E-state index contributed by atoms with van der Waals surface area (Å²) in [6.07, 6.45) is 4.11. The number of phenolic OH excluding ortho intramolecular Hbond substituents is 1. The molecule has 2 N–H and O–H groups in total. The Bertz CT molecular complexity index is 939. The number of hydrogen-bond donors (Lipinski definition) is 2. The molecule has 3 rings (SSSR count). The summed E-state index contributed by atoms with van der Waals surface area (Å²) in [5, 5.41) is 14.7. The molecule has 134 valence electrons. The third kappa shape index (κ3) is 3.38. The number of rotatable bonds is 5. The van der Waals surface area contributed by atoms with Crippen LogP contribution in [0.3, 0.4) is 0 Å². The monoisotopic (exact) mass is 349 g/mol. The Morgan fingerprint density at radius 3 is 2.62 bits per heavy atom. The fourth-order valence-corrected chi connectivity index (χ4v) is 3.09. The molecule has 1 aromatic carbocycles. The van der Waals surface area contributed by atoms with E-state index in [0.717, 1.165) is 17.4 Å². The quantitative estimate of drug-likeness (QED) is 0.725. The van der Waals surface area contributed by atoms with E-state index in [1.54, 1.807) is 18.5 Å². The van der Waals surface area contributed by atoms with E-state index in [4.69, 9.17) is 0 Å². The first kappa shape index (κ1) is 17.9. The highest BCUT2D eigenvalue weighted by molar-refractivity contribution is 5.94. The molecule has 0 bridgehead atoms. The second kappa shape index (κ2) is 7.52. The normalized spacial score (nSPS) is 13.3. The fraction of sp³-hybridized carbons (Fsp3) is 0.286. The van der Waals surface area contributed by atoms with Gasteiger partial charge in [0.15, 0.2) is 0 Å². The third-order valence-electron chi connectivity index (χ3n) is 4.84. The summed E-state index contributed by atoms with van der Waals surface area (Å²) in [5.74, 6) is 0.00962. The number of pyridine rings is 2. The predicted molar refractivity (Wildman–Crippen MR) is 102 cm³/mol. The Balaban J connectivity index is 2.01. The first-order chi connectivity index (χ1) is 12.5. The van der Waals surface area contributed by atoms with Crippen LogP contribution in [0.2, 0.25) is 0 Å². The van der Waals surface area contributed by atoms with Crippen molar-refractivity contribution in [1.29, 1.82) is 0 Å². The zero-order chi connectivity index (χ0) is 18.7. The topological polar surface area (TPSA) is 75.1 Å². The number of fused-ring (bicyclic) bond motifs is 1. The Morgan fingerprint density at radius 2 is 1.88 bits per heavy atom. The molecule has 2 atom stereocenters. The molecule has 26 heavy (non-hydrogen) atoms. The van der Waals surface area contributed by atoms with E-state index in [1.807, 2.05) is 37.3 Å². The zero-order valence-electron chi connectivity index (χ0n) is 15.2. The van der Waals surface area contributed by atoms with E-state index in [0.29, 0.717) is 16.8 Å². The maximum absolute atomic E-state index is 12.8. The van der Waals surface area contributed by atoms with Gasteiger partial charge in [-0.15, -0.1) is 0 Å². The van der Waals surface area contributed by atoms with Gasteiger partial charge >= 0.3 is 0 Å². The van der Waals surface area contributed by atoms with Crippen LogP contribution in [0.4, 0.5) is 0 Å². The number of aryl methyl sites for hydroxylation is 1. The molecule has 0 aliphatic rings. The van der Waals surface area contributed by atoms with Gasteiger partial charge in [0.2, 0.25) is 0 Å². The molecule has 0 aliphatic carbocycles. The molecule has 0 spiro atoms. The molecular weight excluding hydrogens is 326 g/mol. The molecule has 2 aromatic heterocycles. The minimum Gasteiger partial charge on any atom is -0.505 e. The van der Waals surface area contributed by atoms with Gasteiger partial charge in [-0.1, -0.05) is 44.5 Å². The lowest BCUT2D eigenvalue weighted by Gasteiger charge is -2.26. The van der Waals surface area contributed by atoms with Gasteiger partial charge in [0, 0.05) is 23.3 Å². The van der Waals surface area contributed by atoms with Crippen molar-refractivity contribution in [2.24, 2.45) is 5.92 Å². The number of carbonyl (C=O) groups excluding carboxylic acids is 1. The number of carbonyl (C=O) groups is 1. The van der Waals surface area contributed by atoms with Crippen molar-refractivity contribution < 1.29 is 9.90 Å². The molecule has 5 heteroatoms. The van der Waals surface area contributed by atoms with Crippen molar-refractivity contribution in [2.45, 2.75) is 33.2 Å². The molecule has 0 saturated heterocycles. The fourth-order valence-electron chi connectivity index (χ4n) is 3.09. The van der Waals surface area contributed by atoms with Crippen LogP contribution in [-0.2, 0) is 0 Å². The number of nitrogens with one attached hydrogen (secondary N) is 1. The second-order valence-corrected chi connectivity index (χ2v) is 6.58. The van der Waals surface area contributed by atoms with Crippen LogP contribution in [0.15, 0.2) is 48.8 Å². The minimum atomic E-state index is -0.333. The minimum absolute atomic E-state index is 0.117. The Hall–Kier alpha value is -2.95. The molecular formula is C21H23N3O2. The Morgan fingerprint density at radius 1 is 1.15 bits per heavy atom. The summed E-state index contributed by atoms with van der Waals surface area (Å²) < 4.78 is 0. The molecule has 5 nitrogen and oxygen atoms in total. The van der Waals surface area contributed by atoms with E-state index < -0.39 is 0 Å². The summed E-state index contributed by atoms with van der Waals surface area (Å²) in [5.41, 5.74) is 2.44. The highest BCUT2D eigenvalue weighted by Gasteiger charge is 2.25. The van der Waals surface area contributed by atoms with Crippen molar-refractivity contribution >= 4 is 16.8 Å². The molecule has 2 unspecified atom stereocenters. The van der Waals surface area contributed by atoms with E-state index >= 15 is 0 Å². The summed E-state index contributed by atoms with van der Waals surface area (Å²) in [6.45, 7) is 5.97. The third-order valence-corrected chi connectivity index (χ3v) is 4.84. The maximum atomic E-state index is 12.8. The van der Waals surface area contributed by atoms with Crippen molar-refractivity contribution in [3.63, 3.8) is 0 Å². The number of phenols is 1. The second-order valence-electron chi connectivity index (χ2n) is 6.58. The number of aromatic hydroxyl groups is 1. The Labute approximate surface area is 153 Å². The van der Waals surface area contributed by atoms with Gasteiger partial charge in [-0.25, -0.2) is 0 Å². The van der Waals surface area contributed by atoms with Crippen molar-refractivity contribution in [2.75, 3.05) is 0 Å². The van der Waals surface area contributed by atoms with Crippen LogP contribution in [-0.4, -0.2) is 21.0 Å². The van der Waals surface area contributed by atoms with Crippen LogP contribution in [0.1, 0.15) is 47.9 Å². The first-order valence-corrected chi connectivity index (χ1v) is 8.82. The summed E-state index contributed by atoms with van der Waals surface area (Å²) in [4.78, 5) is 21.3. The highest BCUT2D eigenvalue weighted by atomic mass is 16.3. The standard InChI is InChI=1S/C21H23N3O2/c1-4-13(2)17(24-21(26)18-14(3)7-5-11-22-18)16-10-9-15-8-6-12-23-19(15)20(16)25/h5-13,17,25H,4H2,1-3H3,(H,24,26). The van der Waals surface area contributed by atoms with Gasteiger partial charge in [0.05, 0.1) is 6.04 Å². The van der Waals surface area contributed by atoms with E-state index in [9.17, 15) is 9.90 Å². The smallest absolute Gasteiger partial charge is 0.270 e. The van der Waals surface area contributed by atoms with E-state index in [1.165, 1.54) is 0 Å². The largest absolute Gasteiger partial charge is 0.505 e. The van der Waals surface area contributed by atoms with Crippen LogP contribution >= 0.6 is 0 Å². The molecule has 0 saturated carbocycles. The average molecular weight is 349 g/mol. The molecule has 0 aliphatic heterocycles. The van der Waals surface area contributed by atoms with E-state index in [-0.39, 0.29) is 23.6 Å². The van der Waals surface area contributed by atoms with Crippen LogP contribution < -0.4 is 5.32 Å². The Kier molecular flexibility index (Phi) is 5.16. The molecule has 1 amide bonds. The lowest BCUT2D eigenvalue weighted by Crippen LogP contribution is -2.33. The van der Waals surface area contributed by atoms with Gasteiger partial charge in [-0.3, -0.25) is 14.8 Å². The predicted octanol–water partition coefficient (Wildman–Crippen LogP) is 4.16. The lowest BCUT2D eigenvalue weighted by atomic mass is 9.90. The number of hydrogen-bond acceptors (Lipinski definition) is 4. The molecule has 3 aromatic rings. The van der Waals surface area contributed by atoms with Crippen molar-refractivity contribution in [3.05, 3.63) is 65.6 Å². The van der Waals surface area contributed by atoms with Crippen molar-refractivity contribution in [1.82, 2.24) is 15.3 Å². The lowest BCUT2D eigenvalue weighted by molar-refractivity contribution is 0.0916. The van der Waals surface area contributed by atoms with Gasteiger partial charge in [0.25, 0.3) is 5.91 Å². The van der Waals surface area contributed by atoms with Crippen LogP contribution in [0, 0.1) is 12.8 Å². The zero-order valence-corrected chi connectivity index (χ0v) is 15.2. The van der Waals surface area contributed by atoms with Gasteiger partial charge in [-0.2, -0.15) is 0 Å². The number of amides is 1. The van der Waals surface area contributed by atoms with Gasteiger partial charge < -0.3 is 10.4 Å². The van der Waals surface area contributed by atoms with Gasteiger partial charge in [0.1, 0.15) is 17.0 Å². The van der Waals surface area contributed by atoms with Crippen LogP contribution in [0.25, 0.3) is 10.9 Å². The van der Waals surface area contributed by atoms with E-state index in [2.05, 4.69) is 29.1 Å². The summed E-state index contributed by atoms with van der Waals surface area (Å²) >= 11 is 0. The number of benzene rings is 1. The SMILES string of the molecule is CCC(C)C(NC(=O)c1ncccc1C)c1ccc2cccnc2c1O. The summed E-state index contributed by atoms with van der Waals surface area (Å²) in [6, 6.07) is 10.8. The average Bonchev–Trinajstić information content (AvgIpc) is 2.66. The first-order valence-electron chi connectivity index (χ1n) is 8.82. The number of aromatic nitrogens is 2. The molecule has 0 fully saturated rings. The van der Waals surface area contributed by atoms with Gasteiger partial charge in [-0.05, 0) is 30.5 Å². The number of nitrogens with zero attached hydrogens (tertiary/aromatic N) is 2. The maximum Gasteiger partial charge on any atom is 0.270 e. The molecule has 0 radical (unpaired) electrons. The van der Waals surface area contributed by atoms with Crippen LogP contribution in [0.5, 0.6) is 5.75 Å². The highest BCUT2D eigenvalue weighted by Crippen LogP contribution is 2.35. The summed E-state index contributed by atoms with van der Waals surface area (Å²) in [7, 11) is 0. The van der Waals surface area contributed by atoms with Crippen molar-refractivity contribution in [3.8, 4) is 5.75 Å².